The standard InChI is InChI=1S/C11H8O2/c1-2-8-3-4-11-9(5-8)6-10(12)7-13-11/h2-7H,1H2/p+1. The molecule has 0 saturated heterocycles. The fraction of sp³-hybridized carbons (Fsp3) is 0. The van der Waals surface area contributed by atoms with Crippen molar-refractivity contribution in [3.05, 3.63) is 42.7 Å². The maximum absolute atomic E-state index is 9.17. The molecule has 64 valence electrons. The van der Waals surface area contributed by atoms with Gasteiger partial charge >= 0.3 is 11.8 Å². The van der Waals surface area contributed by atoms with E-state index in [0.29, 0.717) is 0 Å². The smallest absolute Gasteiger partial charge is 0.360 e. The molecule has 2 heteroatoms. The van der Waals surface area contributed by atoms with Gasteiger partial charge in [0.25, 0.3) is 0 Å². The molecule has 1 aromatic carbocycles. The molecule has 0 spiro atoms. The van der Waals surface area contributed by atoms with Crippen LogP contribution in [-0.2, 0) is 0 Å². The van der Waals surface area contributed by atoms with Crippen LogP contribution in [0.3, 0.4) is 0 Å². The number of aromatic hydroxyl groups is 1. The molecule has 2 aromatic rings. The molecule has 13 heavy (non-hydrogen) atoms. The predicted molar refractivity (Wildman–Crippen MR) is 52.4 cm³/mol. The Morgan fingerprint density at radius 3 is 2.92 bits per heavy atom. The zero-order valence-electron chi connectivity index (χ0n) is 7.03. The van der Waals surface area contributed by atoms with Crippen LogP contribution >= 0.6 is 0 Å². The van der Waals surface area contributed by atoms with Crippen molar-refractivity contribution in [1.29, 1.82) is 0 Å². The van der Waals surface area contributed by atoms with Crippen LogP contribution in [0.15, 0.2) is 41.5 Å². The average Bonchev–Trinajstić information content (AvgIpc) is 2.16. The molecule has 0 saturated carbocycles. The summed E-state index contributed by atoms with van der Waals surface area (Å²) in [7, 11) is 0. The van der Waals surface area contributed by atoms with Crippen molar-refractivity contribution < 1.29 is 9.52 Å². The summed E-state index contributed by atoms with van der Waals surface area (Å²) in [5, 5.41) is 10.0. The summed E-state index contributed by atoms with van der Waals surface area (Å²) in [5.74, 6) is 0.133. The molecule has 0 unspecified atom stereocenters. The van der Waals surface area contributed by atoms with Crippen molar-refractivity contribution in [3.63, 3.8) is 0 Å². The summed E-state index contributed by atoms with van der Waals surface area (Å²) >= 11 is 0. The van der Waals surface area contributed by atoms with E-state index in [-0.39, 0.29) is 5.75 Å². The van der Waals surface area contributed by atoms with Crippen molar-refractivity contribution in [1.82, 2.24) is 0 Å². The highest BCUT2D eigenvalue weighted by molar-refractivity contribution is 5.80. The number of rotatable bonds is 1. The van der Waals surface area contributed by atoms with Crippen LogP contribution < -0.4 is 0 Å². The van der Waals surface area contributed by atoms with Gasteiger partial charge in [-0.15, -0.1) is 0 Å². The Bertz CT molecular complexity index is 461. The highest BCUT2D eigenvalue weighted by Gasteiger charge is 2.06. The molecule has 0 aliphatic rings. The summed E-state index contributed by atoms with van der Waals surface area (Å²) in [6.45, 7) is 3.67. The Morgan fingerprint density at radius 2 is 2.15 bits per heavy atom. The van der Waals surface area contributed by atoms with Gasteiger partial charge in [-0.25, -0.2) is 4.42 Å². The van der Waals surface area contributed by atoms with Crippen LogP contribution in [-0.4, -0.2) is 5.11 Å². The molecule has 1 N–H and O–H groups in total. The molecular weight excluding hydrogens is 164 g/mol. The first kappa shape index (κ1) is 7.80. The first-order valence-electron chi connectivity index (χ1n) is 3.96. The van der Waals surface area contributed by atoms with E-state index in [1.165, 1.54) is 6.26 Å². The lowest BCUT2D eigenvalue weighted by Crippen LogP contribution is -1.74. The Balaban J connectivity index is 2.74. The van der Waals surface area contributed by atoms with E-state index >= 15 is 0 Å². The van der Waals surface area contributed by atoms with E-state index < -0.39 is 0 Å². The molecule has 0 atom stereocenters. The van der Waals surface area contributed by atoms with Crippen LogP contribution in [0.5, 0.6) is 5.75 Å². The third-order valence-electron chi connectivity index (χ3n) is 1.88. The second-order valence-electron chi connectivity index (χ2n) is 2.81. The zero-order chi connectivity index (χ0) is 9.26. The molecule has 2 nitrogen and oxygen atoms in total. The third kappa shape index (κ3) is 1.38. The summed E-state index contributed by atoms with van der Waals surface area (Å²) in [6, 6.07) is 7.33. The van der Waals surface area contributed by atoms with Gasteiger partial charge in [0, 0.05) is 12.1 Å². The normalized spacial score (nSPS) is 10.2. The van der Waals surface area contributed by atoms with Gasteiger partial charge in [-0.2, -0.15) is 0 Å². The second-order valence-corrected chi connectivity index (χ2v) is 2.81. The van der Waals surface area contributed by atoms with Gasteiger partial charge in [0.15, 0.2) is 0 Å². The Labute approximate surface area is 75.8 Å². The van der Waals surface area contributed by atoms with Crippen molar-refractivity contribution in [2.24, 2.45) is 0 Å². The van der Waals surface area contributed by atoms with Crippen molar-refractivity contribution in [3.8, 4) is 5.75 Å². The summed E-state index contributed by atoms with van der Waals surface area (Å²) in [4.78, 5) is 0. The van der Waals surface area contributed by atoms with Gasteiger partial charge in [-0.3, -0.25) is 0 Å². The number of hydrogen-bond acceptors (Lipinski definition) is 1. The van der Waals surface area contributed by atoms with Crippen LogP contribution in [0, 0.1) is 0 Å². The van der Waals surface area contributed by atoms with E-state index in [1.807, 2.05) is 18.2 Å². The van der Waals surface area contributed by atoms with Crippen LogP contribution in [0.1, 0.15) is 5.56 Å². The highest BCUT2D eigenvalue weighted by atomic mass is 16.3. The SMILES string of the molecule is C=Cc1ccc2[o+]cc(O)cc2c1. The van der Waals surface area contributed by atoms with Gasteiger partial charge in [0.2, 0.25) is 5.75 Å². The van der Waals surface area contributed by atoms with E-state index in [0.717, 1.165) is 16.5 Å². The zero-order valence-corrected chi connectivity index (χ0v) is 7.03. The average molecular weight is 173 g/mol. The second kappa shape index (κ2) is 2.90. The lowest BCUT2D eigenvalue weighted by Gasteiger charge is -1.91. The maximum Gasteiger partial charge on any atom is 0.360 e. The van der Waals surface area contributed by atoms with Crippen molar-refractivity contribution in [2.75, 3.05) is 0 Å². The fourth-order valence-electron chi connectivity index (χ4n) is 1.23. The third-order valence-corrected chi connectivity index (χ3v) is 1.88. The lowest BCUT2D eigenvalue weighted by molar-refractivity contribution is 0.447. The van der Waals surface area contributed by atoms with Crippen molar-refractivity contribution >= 4 is 17.0 Å². The Hall–Kier alpha value is -1.83. The minimum absolute atomic E-state index is 0.133. The number of fused-ring (bicyclic) bond motifs is 1. The lowest BCUT2D eigenvalue weighted by atomic mass is 10.1. The number of hydrogen-bond donors (Lipinski definition) is 1. The predicted octanol–water partition coefficient (Wildman–Crippen LogP) is 3.06. The first-order valence-corrected chi connectivity index (χ1v) is 3.96. The maximum atomic E-state index is 9.17. The van der Waals surface area contributed by atoms with Gasteiger partial charge < -0.3 is 5.11 Å². The Kier molecular flexibility index (Phi) is 1.74. The Morgan fingerprint density at radius 1 is 1.31 bits per heavy atom. The summed E-state index contributed by atoms with van der Waals surface area (Å²) in [6.07, 6.45) is 3.07. The summed E-state index contributed by atoms with van der Waals surface area (Å²) < 4.78 is 5.16. The van der Waals surface area contributed by atoms with E-state index in [2.05, 4.69) is 6.58 Å². The quantitative estimate of drug-likeness (QED) is 0.672. The first-order chi connectivity index (χ1) is 6.29. The molecule has 1 heterocycles. The monoisotopic (exact) mass is 173 g/mol. The molecule has 2 rings (SSSR count). The van der Waals surface area contributed by atoms with E-state index in [9.17, 15) is 5.11 Å². The van der Waals surface area contributed by atoms with Gasteiger partial charge in [-0.1, -0.05) is 12.7 Å². The largest absolute Gasteiger partial charge is 0.501 e. The topological polar surface area (TPSA) is 31.5 Å². The van der Waals surface area contributed by atoms with Crippen molar-refractivity contribution in [2.45, 2.75) is 0 Å². The molecule has 0 amide bonds. The minimum atomic E-state index is 0.133. The molecule has 0 bridgehead atoms. The minimum Gasteiger partial charge on any atom is -0.501 e. The fourth-order valence-corrected chi connectivity index (χ4v) is 1.23. The molecule has 1 aromatic heterocycles. The highest BCUT2D eigenvalue weighted by Crippen LogP contribution is 2.21. The molecule has 0 aliphatic heterocycles. The van der Waals surface area contributed by atoms with Gasteiger partial charge in [0.1, 0.15) is 0 Å². The van der Waals surface area contributed by atoms with E-state index in [4.69, 9.17) is 4.42 Å². The van der Waals surface area contributed by atoms with Crippen LogP contribution in [0.25, 0.3) is 17.0 Å². The molecule has 0 fully saturated rings. The van der Waals surface area contributed by atoms with Crippen LogP contribution in [0.4, 0.5) is 0 Å². The molecule has 0 radical (unpaired) electrons. The summed E-state index contributed by atoms with van der Waals surface area (Å²) in [5.41, 5.74) is 1.76. The number of benzene rings is 1. The van der Waals surface area contributed by atoms with E-state index in [1.54, 1.807) is 12.1 Å². The van der Waals surface area contributed by atoms with Gasteiger partial charge in [0.05, 0.1) is 5.39 Å². The van der Waals surface area contributed by atoms with Crippen LogP contribution in [0.2, 0.25) is 0 Å². The molecular formula is C11H9O2+. The molecule has 0 aliphatic carbocycles. The van der Waals surface area contributed by atoms with Gasteiger partial charge in [-0.05, 0) is 17.7 Å².